The van der Waals surface area contributed by atoms with Crippen LogP contribution in [0.5, 0.6) is 0 Å². The summed E-state index contributed by atoms with van der Waals surface area (Å²) < 4.78 is 5.08. The second-order valence-electron chi connectivity index (χ2n) is 3.55. The van der Waals surface area contributed by atoms with Crippen molar-refractivity contribution >= 4 is 0 Å². The van der Waals surface area contributed by atoms with Crippen molar-refractivity contribution in [1.82, 2.24) is 5.16 Å². The molecule has 1 aromatic carbocycles. The highest BCUT2D eigenvalue weighted by Crippen LogP contribution is 2.23. The fraction of sp³-hybridized carbons (Fsp3) is 0.250. The van der Waals surface area contributed by atoms with Crippen molar-refractivity contribution in [3.05, 3.63) is 53.4 Å². The molecule has 0 spiro atoms. The first-order chi connectivity index (χ1) is 7.31. The van der Waals surface area contributed by atoms with E-state index in [9.17, 15) is 0 Å². The average molecular weight is 202 g/mol. The number of rotatable bonds is 3. The Morgan fingerprint density at radius 3 is 2.67 bits per heavy atom. The summed E-state index contributed by atoms with van der Waals surface area (Å²) in [6.07, 6.45) is 0. The third-order valence-electron chi connectivity index (χ3n) is 2.52. The minimum Gasteiger partial charge on any atom is -0.360 e. The molecule has 1 heterocycles. The van der Waals surface area contributed by atoms with Gasteiger partial charge < -0.3 is 10.3 Å². The van der Waals surface area contributed by atoms with Crippen LogP contribution in [0.3, 0.4) is 0 Å². The van der Waals surface area contributed by atoms with E-state index in [4.69, 9.17) is 10.3 Å². The summed E-state index contributed by atoms with van der Waals surface area (Å²) in [7, 11) is 0. The maximum Gasteiger partial charge on any atom is 0.150 e. The second-order valence-corrected chi connectivity index (χ2v) is 3.55. The molecule has 1 unspecified atom stereocenters. The number of hydrogen-bond acceptors (Lipinski definition) is 3. The fourth-order valence-corrected chi connectivity index (χ4v) is 1.54. The molecule has 0 aliphatic heterocycles. The molecular formula is C12H14N2O. The standard InChI is InChI=1S/C12H14N2O/c1-9(10-5-3-2-4-6-10)12-7-11(8-13)15-14-12/h2-7,9H,8,13H2,1H3. The Balaban J connectivity index is 2.24. The summed E-state index contributed by atoms with van der Waals surface area (Å²) >= 11 is 0. The third kappa shape index (κ3) is 2.07. The predicted molar refractivity (Wildman–Crippen MR) is 58.4 cm³/mol. The van der Waals surface area contributed by atoms with Gasteiger partial charge in [0.05, 0.1) is 12.2 Å². The molecule has 78 valence electrons. The lowest BCUT2D eigenvalue weighted by Crippen LogP contribution is -1.96. The van der Waals surface area contributed by atoms with Crippen molar-refractivity contribution < 1.29 is 4.52 Å². The van der Waals surface area contributed by atoms with E-state index in [0.717, 1.165) is 11.5 Å². The molecule has 0 radical (unpaired) electrons. The number of benzene rings is 1. The molecule has 2 aromatic rings. The molecule has 2 N–H and O–H groups in total. The molecule has 2 rings (SSSR count). The highest BCUT2D eigenvalue weighted by atomic mass is 16.5. The van der Waals surface area contributed by atoms with Crippen molar-refractivity contribution in [1.29, 1.82) is 0 Å². The van der Waals surface area contributed by atoms with Gasteiger partial charge in [-0.15, -0.1) is 0 Å². The zero-order valence-corrected chi connectivity index (χ0v) is 8.68. The van der Waals surface area contributed by atoms with Gasteiger partial charge in [0, 0.05) is 12.0 Å². The van der Waals surface area contributed by atoms with E-state index >= 15 is 0 Å². The summed E-state index contributed by atoms with van der Waals surface area (Å²) in [5.41, 5.74) is 7.63. The monoisotopic (exact) mass is 202 g/mol. The maximum absolute atomic E-state index is 5.47. The van der Waals surface area contributed by atoms with Gasteiger partial charge in [0.1, 0.15) is 0 Å². The lowest BCUT2D eigenvalue weighted by molar-refractivity contribution is 0.377. The van der Waals surface area contributed by atoms with E-state index in [-0.39, 0.29) is 5.92 Å². The Morgan fingerprint density at radius 2 is 2.07 bits per heavy atom. The quantitative estimate of drug-likeness (QED) is 0.830. The molecule has 0 fully saturated rings. The molecule has 0 aliphatic rings. The normalized spacial score (nSPS) is 12.7. The maximum atomic E-state index is 5.47. The van der Waals surface area contributed by atoms with Gasteiger partial charge in [-0.2, -0.15) is 0 Å². The van der Waals surface area contributed by atoms with E-state index in [1.165, 1.54) is 5.56 Å². The number of aromatic nitrogens is 1. The molecule has 0 saturated heterocycles. The molecule has 1 aromatic heterocycles. The van der Waals surface area contributed by atoms with E-state index < -0.39 is 0 Å². The summed E-state index contributed by atoms with van der Waals surface area (Å²) in [6.45, 7) is 2.50. The average Bonchev–Trinajstić information content (AvgIpc) is 2.78. The Bertz CT molecular complexity index is 422. The van der Waals surface area contributed by atoms with Crippen LogP contribution >= 0.6 is 0 Å². The first kappa shape index (κ1) is 9.93. The van der Waals surface area contributed by atoms with Gasteiger partial charge in [-0.1, -0.05) is 42.4 Å². The summed E-state index contributed by atoms with van der Waals surface area (Å²) in [4.78, 5) is 0. The first-order valence-electron chi connectivity index (χ1n) is 5.01. The molecule has 0 amide bonds. The SMILES string of the molecule is CC(c1ccccc1)c1cc(CN)on1. The highest BCUT2D eigenvalue weighted by Gasteiger charge is 2.12. The second kappa shape index (κ2) is 4.28. The highest BCUT2D eigenvalue weighted by molar-refractivity contribution is 5.27. The summed E-state index contributed by atoms with van der Waals surface area (Å²) in [6, 6.07) is 12.1. The summed E-state index contributed by atoms with van der Waals surface area (Å²) in [5.74, 6) is 0.975. The topological polar surface area (TPSA) is 52.0 Å². The lowest BCUT2D eigenvalue weighted by Gasteiger charge is -2.06. The van der Waals surface area contributed by atoms with Crippen LogP contribution < -0.4 is 5.73 Å². The van der Waals surface area contributed by atoms with Gasteiger partial charge in [0.15, 0.2) is 5.76 Å². The molecular weight excluding hydrogens is 188 g/mol. The van der Waals surface area contributed by atoms with Gasteiger partial charge in [-0.05, 0) is 5.56 Å². The van der Waals surface area contributed by atoms with Crippen LogP contribution in [0.25, 0.3) is 0 Å². The van der Waals surface area contributed by atoms with Crippen molar-refractivity contribution in [3.8, 4) is 0 Å². The largest absolute Gasteiger partial charge is 0.360 e. The molecule has 3 heteroatoms. The molecule has 1 atom stereocenters. The molecule has 0 bridgehead atoms. The van der Waals surface area contributed by atoms with Gasteiger partial charge in [0.25, 0.3) is 0 Å². The van der Waals surface area contributed by atoms with Crippen molar-refractivity contribution in [2.24, 2.45) is 5.73 Å². The Labute approximate surface area is 88.9 Å². The number of nitrogens with zero attached hydrogens (tertiary/aromatic N) is 1. The van der Waals surface area contributed by atoms with Crippen molar-refractivity contribution in [2.75, 3.05) is 0 Å². The van der Waals surface area contributed by atoms with E-state index in [0.29, 0.717) is 6.54 Å². The Kier molecular flexibility index (Phi) is 2.83. The molecule has 0 saturated carbocycles. The lowest BCUT2D eigenvalue weighted by atomic mass is 9.98. The van der Waals surface area contributed by atoms with Gasteiger partial charge in [-0.25, -0.2) is 0 Å². The Morgan fingerprint density at radius 1 is 1.33 bits per heavy atom. The van der Waals surface area contributed by atoms with E-state index in [1.807, 2.05) is 24.3 Å². The minimum absolute atomic E-state index is 0.246. The fourth-order valence-electron chi connectivity index (χ4n) is 1.54. The molecule has 0 aliphatic carbocycles. The van der Waals surface area contributed by atoms with Crippen LogP contribution in [-0.2, 0) is 6.54 Å². The third-order valence-corrected chi connectivity index (χ3v) is 2.52. The van der Waals surface area contributed by atoms with Gasteiger partial charge in [0.2, 0.25) is 0 Å². The van der Waals surface area contributed by atoms with Crippen LogP contribution in [0.15, 0.2) is 40.9 Å². The van der Waals surface area contributed by atoms with Crippen LogP contribution in [0.1, 0.15) is 29.9 Å². The molecule has 15 heavy (non-hydrogen) atoms. The summed E-state index contributed by atoms with van der Waals surface area (Å²) in [5, 5.41) is 4.01. The Hall–Kier alpha value is -1.61. The van der Waals surface area contributed by atoms with Gasteiger partial charge >= 0.3 is 0 Å². The zero-order valence-electron chi connectivity index (χ0n) is 8.68. The zero-order chi connectivity index (χ0) is 10.7. The van der Waals surface area contributed by atoms with Crippen molar-refractivity contribution in [2.45, 2.75) is 19.4 Å². The smallest absolute Gasteiger partial charge is 0.150 e. The van der Waals surface area contributed by atoms with E-state index in [1.54, 1.807) is 0 Å². The van der Waals surface area contributed by atoms with Gasteiger partial charge in [-0.3, -0.25) is 0 Å². The van der Waals surface area contributed by atoms with Crippen molar-refractivity contribution in [3.63, 3.8) is 0 Å². The van der Waals surface area contributed by atoms with Crippen LogP contribution in [0.4, 0.5) is 0 Å². The molecule has 3 nitrogen and oxygen atoms in total. The number of hydrogen-bond donors (Lipinski definition) is 1. The van der Waals surface area contributed by atoms with Crippen LogP contribution in [-0.4, -0.2) is 5.16 Å². The van der Waals surface area contributed by atoms with Crippen LogP contribution in [0, 0.1) is 0 Å². The number of nitrogens with two attached hydrogens (primary N) is 1. The van der Waals surface area contributed by atoms with Crippen LogP contribution in [0.2, 0.25) is 0 Å². The first-order valence-corrected chi connectivity index (χ1v) is 5.01. The minimum atomic E-state index is 0.246. The van der Waals surface area contributed by atoms with E-state index in [2.05, 4.69) is 24.2 Å². The predicted octanol–water partition coefficient (Wildman–Crippen LogP) is 2.29.